The number of rotatable bonds is 3. The lowest BCUT2D eigenvalue weighted by molar-refractivity contribution is 0.386. The average molecular weight is 257 g/mol. The number of anilines is 3. The van der Waals surface area contributed by atoms with Gasteiger partial charge in [0.15, 0.2) is 11.6 Å². The van der Waals surface area contributed by atoms with Gasteiger partial charge in [0.25, 0.3) is 0 Å². The van der Waals surface area contributed by atoms with E-state index in [1.54, 1.807) is 24.3 Å². The van der Waals surface area contributed by atoms with Gasteiger partial charge >= 0.3 is 0 Å². The van der Waals surface area contributed by atoms with E-state index in [0.717, 1.165) is 0 Å². The van der Waals surface area contributed by atoms with E-state index in [2.05, 4.69) is 5.32 Å². The molecule has 0 atom stereocenters. The number of halogens is 1. The molecular formula is C14H12FN3O. The van der Waals surface area contributed by atoms with Crippen molar-refractivity contribution >= 4 is 17.1 Å². The van der Waals surface area contributed by atoms with E-state index in [9.17, 15) is 4.39 Å². The summed E-state index contributed by atoms with van der Waals surface area (Å²) in [7, 11) is 1.41. The second-order valence-electron chi connectivity index (χ2n) is 3.89. The molecule has 0 aliphatic carbocycles. The van der Waals surface area contributed by atoms with Crippen LogP contribution in [0.2, 0.25) is 0 Å². The summed E-state index contributed by atoms with van der Waals surface area (Å²) in [5.74, 6) is -0.265. The molecule has 0 radical (unpaired) electrons. The summed E-state index contributed by atoms with van der Waals surface area (Å²) in [4.78, 5) is 0. The molecule has 0 saturated carbocycles. The van der Waals surface area contributed by atoms with Crippen LogP contribution in [0.4, 0.5) is 21.5 Å². The third-order valence-corrected chi connectivity index (χ3v) is 2.61. The molecule has 2 aromatic carbocycles. The van der Waals surface area contributed by atoms with E-state index in [1.165, 1.54) is 19.2 Å². The second kappa shape index (κ2) is 5.27. The van der Waals surface area contributed by atoms with Gasteiger partial charge in [-0.2, -0.15) is 5.26 Å². The highest BCUT2D eigenvalue weighted by Gasteiger charge is 2.05. The van der Waals surface area contributed by atoms with Gasteiger partial charge in [-0.1, -0.05) is 0 Å². The fourth-order valence-electron chi connectivity index (χ4n) is 1.65. The Balaban J connectivity index is 2.24. The Hall–Kier alpha value is -2.74. The summed E-state index contributed by atoms with van der Waals surface area (Å²) >= 11 is 0. The lowest BCUT2D eigenvalue weighted by Crippen LogP contribution is -1.96. The summed E-state index contributed by atoms with van der Waals surface area (Å²) in [6, 6.07) is 11.5. The number of ether oxygens (including phenoxy) is 1. The van der Waals surface area contributed by atoms with Crippen molar-refractivity contribution in [3.05, 3.63) is 47.8 Å². The molecule has 5 heteroatoms. The van der Waals surface area contributed by atoms with Crippen LogP contribution in [0.3, 0.4) is 0 Å². The van der Waals surface area contributed by atoms with Crippen molar-refractivity contribution in [1.82, 2.24) is 0 Å². The summed E-state index contributed by atoms with van der Waals surface area (Å²) in [6.45, 7) is 0. The Morgan fingerprint density at radius 2 is 1.89 bits per heavy atom. The number of nitrogens with one attached hydrogen (secondary N) is 1. The maximum atomic E-state index is 13.5. The van der Waals surface area contributed by atoms with Crippen molar-refractivity contribution in [3.63, 3.8) is 0 Å². The molecule has 2 rings (SSSR count). The van der Waals surface area contributed by atoms with Crippen molar-refractivity contribution in [3.8, 4) is 11.8 Å². The Morgan fingerprint density at radius 1 is 1.21 bits per heavy atom. The maximum absolute atomic E-state index is 13.5. The predicted octanol–water partition coefficient (Wildman–Crippen LogP) is 3.03. The molecule has 0 bridgehead atoms. The van der Waals surface area contributed by atoms with E-state index >= 15 is 0 Å². The molecule has 19 heavy (non-hydrogen) atoms. The number of methoxy groups -OCH3 is 1. The number of hydrogen-bond donors (Lipinski definition) is 2. The largest absolute Gasteiger partial charge is 0.494 e. The Kier molecular flexibility index (Phi) is 3.53. The van der Waals surface area contributed by atoms with Crippen LogP contribution < -0.4 is 15.8 Å². The van der Waals surface area contributed by atoms with Gasteiger partial charge in [0.1, 0.15) is 6.07 Å². The molecule has 0 fully saturated rings. The van der Waals surface area contributed by atoms with E-state index in [-0.39, 0.29) is 5.75 Å². The second-order valence-corrected chi connectivity index (χ2v) is 3.89. The van der Waals surface area contributed by atoms with Crippen LogP contribution in [0.25, 0.3) is 0 Å². The minimum absolute atomic E-state index is 0.185. The fraction of sp³-hybridized carbons (Fsp3) is 0.0714. The topological polar surface area (TPSA) is 71.1 Å². The van der Waals surface area contributed by atoms with E-state index in [4.69, 9.17) is 15.7 Å². The van der Waals surface area contributed by atoms with Gasteiger partial charge in [-0.05, 0) is 30.3 Å². The van der Waals surface area contributed by atoms with Crippen LogP contribution >= 0.6 is 0 Å². The quantitative estimate of drug-likeness (QED) is 0.829. The third kappa shape index (κ3) is 2.75. The molecule has 0 spiro atoms. The molecule has 0 aromatic heterocycles. The Bertz CT molecular complexity index is 650. The van der Waals surface area contributed by atoms with Crippen molar-refractivity contribution in [2.45, 2.75) is 0 Å². The van der Waals surface area contributed by atoms with Gasteiger partial charge in [-0.15, -0.1) is 0 Å². The van der Waals surface area contributed by atoms with Gasteiger partial charge in [0.05, 0.1) is 18.4 Å². The molecule has 96 valence electrons. The van der Waals surface area contributed by atoms with E-state index in [1.807, 2.05) is 6.07 Å². The first-order valence-electron chi connectivity index (χ1n) is 5.54. The number of hydrogen-bond acceptors (Lipinski definition) is 4. The van der Waals surface area contributed by atoms with Crippen LogP contribution in [0.5, 0.6) is 5.75 Å². The van der Waals surface area contributed by atoms with Crippen LogP contribution in [-0.2, 0) is 0 Å². The first-order chi connectivity index (χ1) is 9.13. The van der Waals surface area contributed by atoms with Crippen LogP contribution in [-0.4, -0.2) is 7.11 Å². The number of benzene rings is 2. The lowest BCUT2D eigenvalue weighted by Gasteiger charge is -2.09. The van der Waals surface area contributed by atoms with Crippen LogP contribution in [0.15, 0.2) is 36.4 Å². The fourth-order valence-corrected chi connectivity index (χ4v) is 1.65. The minimum Gasteiger partial charge on any atom is -0.494 e. The zero-order valence-corrected chi connectivity index (χ0v) is 10.3. The number of nitrogens with two attached hydrogens (primary N) is 1. The average Bonchev–Trinajstić information content (AvgIpc) is 2.39. The molecule has 4 nitrogen and oxygen atoms in total. The molecule has 2 aromatic rings. The van der Waals surface area contributed by atoms with Crippen molar-refractivity contribution < 1.29 is 9.13 Å². The highest BCUT2D eigenvalue weighted by Crippen LogP contribution is 2.25. The normalized spacial score (nSPS) is 9.74. The Labute approximate surface area is 110 Å². The minimum atomic E-state index is -0.450. The van der Waals surface area contributed by atoms with Crippen molar-refractivity contribution in [2.24, 2.45) is 0 Å². The van der Waals surface area contributed by atoms with Gasteiger partial charge in [-0.3, -0.25) is 0 Å². The van der Waals surface area contributed by atoms with Gasteiger partial charge in [0.2, 0.25) is 0 Å². The zero-order chi connectivity index (χ0) is 13.8. The smallest absolute Gasteiger partial charge is 0.167 e. The Morgan fingerprint density at radius 3 is 2.47 bits per heavy atom. The first-order valence-corrected chi connectivity index (χ1v) is 5.54. The van der Waals surface area contributed by atoms with Crippen LogP contribution in [0, 0.1) is 17.1 Å². The zero-order valence-electron chi connectivity index (χ0n) is 10.3. The number of nitrogen functional groups attached to an aromatic ring is 1. The summed E-state index contributed by atoms with van der Waals surface area (Å²) in [6.07, 6.45) is 0. The maximum Gasteiger partial charge on any atom is 0.167 e. The highest BCUT2D eigenvalue weighted by atomic mass is 19.1. The lowest BCUT2D eigenvalue weighted by atomic mass is 10.1. The predicted molar refractivity (Wildman–Crippen MR) is 71.8 cm³/mol. The standard InChI is InChI=1S/C14H12FN3O/c1-19-14-5-4-10(6-12(14)15)18-11-3-2-9(8-16)13(17)7-11/h2-7,18H,17H2,1H3. The van der Waals surface area contributed by atoms with Gasteiger partial charge < -0.3 is 15.8 Å². The molecule has 3 N–H and O–H groups in total. The molecule has 0 heterocycles. The monoisotopic (exact) mass is 257 g/mol. The summed E-state index contributed by atoms with van der Waals surface area (Å²) in [5.41, 5.74) is 7.74. The molecule has 0 unspecified atom stereocenters. The third-order valence-electron chi connectivity index (χ3n) is 2.61. The molecule has 0 saturated heterocycles. The summed E-state index contributed by atoms with van der Waals surface area (Å²) in [5, 5.41) is 11.8. The van der Waals surface area contributed by atoms with Gasteiger partial charge in [-0.25, -0.2) is 4.39 Å². The molecule has 0 amide bonds. The molecule has 0 aliphatic heterocycles. The van der Waals surface area contributed by atoms with Crippen LogP contribution in [0.1, 0.15) is 5.56 Å². The first kappa shape index (κ1) is 12.7. The summed E-state index contributed by atoms with van der Waals surface area (Å²) < 4.78 is 18.4. The molecule has 0 aliphatic rings. The number of nitrogens with zero attached hydrogens (tertiary/aromatic N) is 1. The van der Waals surface area contributed by atoms with E-state index < -0.39 is 5.82 Å². The van der Waals surface area contributed by atoms with E-state index in [0.29, 0.717) is 22.6 Å². The van der Waals surface area contributed by atoms with Crippen molar-refractivity contribution in [2.75, 3.05) is 18.2 Å². The molecular weight excluding hydrogens is 245 g/mol. The van der Waals surface area contributed by atoms with Crippen molar-refractivity contribution in [1.29, 1.82) is 5.26 Å². The highest BCUT2D eigenvalue weighted by molar-refractivity contribution is 5.68. The SMILES string of the molecule is COc1ccc(Nc2ccc(C#N)c(N)c2)cc1F. The number of nitriles is 1. The van der Waals surface area contributed by atoms with Gasteiger partial charge in [0, 0.05) is 17.4 Å².